The van der Waals surface area contributed by atoms with Gasteiger partial charge in [0.25, 0.3) is 0 Å². The van der Waals surface area contributed by atoms with Crippen LogP contribution in [0.2, 0.25) is 0 Å². The maximum absolute atomic E-state index is 4.69. The van der Waals surface area contributed by atoms with Crippen LogP contribution < -0.4 is 5.32 Å². The van der Waals surface area contributed by atoms with Crippen molar-refractivity contribution in [3.8, 4) is 11.5 Å². The highest BCUT2D eigenvalue weighted by molar-refractivity contribution is 8.01. The average molecular weight is 420 g/mol. The Morgan fingerprint density at radius 3 is 2.96 bits per heavy atom. The number of rotatable bonds is 5. The van der Waals surface area contributed by atoms with E-state index in [4.69, 9.17) is 0 Å². The first-order chi connectivity index (χ1) is 11.3. The van der Waals surface area contributed by atoms with Crippen LogP contribution in [-0.4, -0.2) is 41.8 Å². The molecule has 0 unspecified atom stereocenters. The Balaban J connectivity index is 0.00000113. The van der Waals surface area contributed by atoms with Gasteiger partial charge < -0.3 is 9.88 Å². The number of hydrogen-bond acceptors (Lipinski definition) is 7. The molecule has 1 aliphatic rings. The normalized spacial score (nSPS) is 13.0. The van der Waals surface area contributed by atoms with E-state index in [1.165, 1.54) is 5.69 Å². The van der Waals surface area contributed by atoms with Crippen molar-refractivity contribution >= 4 is 47.9 Å². The molecule has 0 radical (unpaired) electrons. The summed E-state index contributed by atoms with van der Waals surface area (Å²) in [5.41, 5.74) is 2.17. The van der Waals surface area contributed by atoms with Crippen molar-refractivity contribution in [3.63, 3.8) is 0 Å². The van der Waals surface area contributed by atoms with Gasteiger partial charge in [-0.3, -0.25) is 4.68 Å². The topological polar surface area (TPSA) is 73.5 Å². The summed E-state index contributed by atoms with van der Waals surface area (Å²) in [7, 11) is 0. The minimum Gasteiger partial charge on any atom is -0.329 e. The predicted molar refractivity (Wildman–Crippen MR) is 105 cm³/mol. The van der Waals surface area contributed by atoms with E-state index in [0.717, 1.165) is 52.8 Å². The zero-order valence-electron chi connectivity index (χ0n) is 13.6. The highest BCUT2D eigenvalue weighted by Gasteiger charge is 2.16. The number of nitrogens with zero attached hydrogens (tertiary/aromatic N) is 6. The molecule has 11 heteroatoms. The minimum absolute atomic E-state index is 0. The van der Waals surface area contributed by atoms with Gasteiger partial charge in [-0.1, -0.05) is 23.1 Å². The molecule has 136 valence electrons. The van der Waals surface area contributed by atoms with Crippen molar-refractivity contribution in [3.05, 3.63) is 29.2 Å². The second kappa shape index (κ2) is 9.00. The van der Waals surface area contributed by atoms with Crippen LogP contribution in [0.1, 0.15) is 10.7 Å². The molecule has 3 aromatic rings. The Morgan fingerprint density at radius 1 is 1.32 bits per heavy atom. The fourth-order valence-corrected chi connectivity index (χ4v) is 4.42. The van der Waals surface area contributed by atoms with Crippen LogP contribution in [0.5, 0.6) is 0 Å². The molecule has 1 aliphatic heterocycles. The molecule has 0 bridgehead atoms. The van der Waals surface area contributed by atoms with Crippen LogP contribution in [0.3, 0.4) is 0 Å². The Bertz CT molecular complexity index is 790. The summed E-state index contributed by atoms with van der Waals surface area (Å²) in [6, 6.07) is 2.13. The van der Waals surface area contributed by atoms with Gasteiger partial charge in [0.2, 0.25) is 0 Å². The fraction of sp³-hybridized carbons (Fsp3) is 0.429. The number of aryl methyl sites for hydroxylation is 2. The van der Waals surface area contributed by atoms with Crippen molar-refractivity contribution in [1.82, 2.24) is 34.8 Å². The average Bonchev–Trinajstić information content (AvgIpc) is 3.26. The highest BCUT2D eigenvalue weighted by Crippen LogP contribution is 2.23. The molecule has 3 aromatic heterocycles. The van der Waals surface area contributed by atoms with Gasteiger partial charge in [-0.15, -0.1) is 35.0 Å². The zero-order chi connectivity index (χ0) is 15.6. The molecular formula is C14H19Cl2N7S2. The van der Waals surface area contributed by atoms with E-state index in [2.05, 4.69) is 40.9 Å². The van der Waals surface area contributed by atoms with Crippen LogP contribution in [0, 0.1) is 6.92 Å². The van der Waals surface area contributed by atoms with E-state index < -0.39 is 0 Å². The van der Waals surface area contributed by atoms with E-state index in [1.807, 2.05) is 19.3 Å². The predicted octanol–water partition coefficient (Wildman–Crippen LogP) is 2.65. The molecule has 0 amide bonds. The van der Waals surface area contributed by atoms with E-state index in [1.54, 1.807) is 23.1 Å². The van der Waals surface area contributed by atoms with E-state index in [0.29, 0.717) is 0 Å². The van der Waals surface area contributed by atoms with Crippen LogP contribution in [-0.2, 0) is 19.6 Å². The summed E-state index contributed by atoms with van der Waals surface area (Å²) in [6.45, 7) is 5.62. The monoisotopic (exact) mass is 419 g/mol. The smallest absolute Gasteiger partial charge is 0.174 e. The molecule has 0 fully saturated rings. The summed E-state index contributed by atoms with van der Waals surface area (Å²) >= 11 is 3.37. The standard InChI is InChI=1S/C14H17N7S2.2ClH/c1-10-17-18-14(23-10)22-7-6-20-4-3-16-13(20)12-8-11-9-15-2-5-21(11)19-12;;/h3-4,8,15H,2,5-7,9H2,1H3;2*1H. The SMILES string of the molecule is Cc1nnc(SCCn2ccnc2-c2cc3n(n2)CCNC3)s1.Cl.Cl. The molecular weight excluding hydrogens is 401 g/mol. The lowest BCUT2D eigenvalue weighted by Crippen LogP contribution is -2.28. The summed E-state index contributed by atoms with van der Waals surface area (Å²) in [5.74, 6) is 1.87. The largest absolute Gasteiger partial charge is 0.329 e. The summed E-state index contributed by atoms with van der Waals surface area (Å²) in [5, 5.41) is 17.3. The van der Waals surface area contributed by atoms with Crippen LogP contribution >= 0.6 is 47.9 Å². The number of imidazole rings is 1. The Kier molecular flexibility index (Phi) is 7.26. The van der Waals surface area contributed by atoms with Gasteiger partial charge in [0, 0.05) is 37.8 Å². The molecule has 4 rings (SSSR count). The van der Waals surface area contributed by atoms with Gasteiger partial charge in [0.15, 0.2) is 10.2 Å². The number of aromatic nitrogens is 6. The Labute approximate surface area is 166 Å². The van der Waals surface area contributed by atoms with Gasteiger partial charge in [-0.25, -0.2) is 4.98 Å². The molecule has 1 N–H and O–H groups in total. The molecule has 0 spiro atoms. The second-order valence-electron chi connectivity index (χ2n) is 5.30. The number of fused-ring (bicyclic) bond motifs is 1. The lowest BCUT2D eigenvalue weighted by molar-refractivity contribution is 0.476. The molecule has 0 aromatic carbocycles. The van der Waals surface area contributed by atoms with Gasteiger partial charge in [-0.05, 0) is 13.0 Å². The second-order valence-corrected chi connectivity index (χ2v) is 7.82. The molecule has 4 heterocycles. The van der Waals surface area contributed by atoms with E-state index in [-0.39, 0.29) is 24.8 Å². The lowest BCUT2D eigenvalue weighted by Gasteiger charge is -2.13. The third kappa shape index (κ3) is 4.53. The van der Waals surface area contributed by atoms with Crippen molar-refractivity contribution in [2.45, 2.75) is 30.9 Å². The Morgan fingerprint density at radius 2 is 2.20 bits per heavy atom. The number of thioether (sulfide) groups is 1. The van der Waals surface area contributed by atoms with Crippen molar-refractivity contribution in [2.75, 3.05) is 12.3 Å². The van der Waals surface area contributed by atoms with Crippen LogP contribution in [0.15, 0.2) is 22.8 Å². The highest BCUT2D eigenvalue weighted by atomic mass is 35.5. The van der Waals surface area contributed by atoms with E-state index in [9.17, 15) is 0 Å². The Hall–Kier alpha value is -1.13. The van der Waals surface area contributed by atoms with Crippen molar-refractivity contribution < 1.29 is 0 Å². The first-order valence-corrected chi connectivity index (χ1v) is 9.31. The van der Waals surface area contributed by atoms with Gasteiger partial charge >= 0.3 is 0 Å². The molecule has 0 aliphatic carbocycles. The molecule has 25 heavy (non-hydrogen) atoms. The van der Waals surface area contributed by atoms with Crippen molar-refractivity contribution in [1.29, 1.82) is 0 Å². The molecule has 0 saturated carbocycles. The van der Waals surface area contributed by atoms with Gasteiger partial charge in [0.1, 0.15) is 10.7 Å². The van der Waals surface area contributed by atoms with Gasteiger partial charge in [-0.2, -0.15) is 5.10 Å². The summed E-state index contributed by atoms with van der Waals surface area (Å²) < 4.78 is 5.25. The van der Waals surface area contributed by atoms with Crippen molar-refractivity contribution in [2.24, 2.45) is 0 Å². The molecule has 0 saturated heterocycles. The van der Waals surface area contributed by atoms with Gasteiger partial charge in [0.05, 0.1) is 12.2 Å². The maximum atomic E-state index is 4.69. The lowest BCUT2D eigenvalue weighted by atomic mass is 10.3. The first kappa shape index (κ1) is 20.2. The van der Waals surface area contributed by atoms with Crippen LogP contribution in [0.4, 0.5) is 0 Å². The molecule has 0 atom stereocenters. The fourth-order valence-electron chi connectivity index (χ4n) is 2.59. The summed E-state index contributed by atoms with van der Waals surface area (Å²) in [6.07, 6.45) is 3.85. The third-order valence-electron chi connectivity index (χ3n) is 3.68. The minimum atomic E-state index is 0. The number of hydrogen-bond donors (Lipinski definition) is 1. The molecule has 7 nitrogen and oxygen atoms in total. The quantitative estimate of drug-likeness (QED) is 0.640. The first-order valence-electron chi connectivity index (χ1n) is 7.51. The maximum Gasteiger partial charge on any atom is 0.174 e. The zero-order valence-corrected chi connectivity index (χ0v) is 16.8. The number of nitrogens with one attached hydrogen (secondary N) is 1. The number of halogens is 2. The summed E-state index contributed by atoms with van der Waals surface area (Å²) in [4.78, 5) is 4.49. The van der Waals surface area contributed by atoms with Crippen LogP contribution in [0.25, 0.3) is 11.5 Å². The third-order valence-corrected chi connectivity index (χ3v) is 5.63. The van der Waals surface area contributed by atoms with E-state index >= 15 is 0 Å².